The number of halogens is 3. The fourth-order valence-electron chi connectivity index (χ4n) is 2.98. The number of nitrogens with one attached hydrogen (secondary N) is 1. The van der Waals surface area contributed by atoms with Crippen LogP contribution in [0.15, 0.2) is 60.7 Å². The summed E-state index contributed by atoms with van der Waals surface area (Å²) >= 11 is 0.965. The number of benzene rings is 2. The predicted octanol–water partition coefficient (Wildman–Crippen LogP) is 3.76. The number of alkyl halides is 3. The molecule has 1 amide bonds. The number of amides is 1. The lowest BCUT2D eigenvalue weighted by atomic mass is 9.93. The van der Waals surface area contributed by atoms with E-state index in [1.807, 2.05) is 18.2 Å². The van der Waals surface area contributed by atoms with Crippen molar-refractivity contribution in [2.45, 2.75) is 25.2 Å². The van der Waals surface area contributed by atoms with Crippen LogP contribution in [-0.2, 0) is 20.9 Å². The van der Waals surface area contributed by atoms with Gasteiger partial charge in [-0.1, -0.05) is 42.5 Å². The molecule has 1 atom stereocenters. The molecule has 2 aromatic carbocycles. The molecule has 0 spiro atoms. The highest BCUT2D eigenvalue weighted by molar-refractivity contribution is 7.16. The number of phenols is 1. The van der Waals surface area contributed by atoms with E-state index in [2.05, 4.69) is 10.1 Å². The Hall–Kier alpha value is -4.23. The van der Waals surface area contributed by atoms with Gasteiger partial charge >= 0.3 is 18.1 Å². The largest absolute Gasteiger partial charge is 0.508 e. The van der Waals surface area contributed by atoms with Crippen molar-refractivity contribution in [2.24, 2.45) is 5.73 Å². The Kier molecular flexibility index (Phi) is 9.74. The molecule has 3 rings (SSSR count). The summed E-state index contributed by atoms with van der Waals surface area (Å²) < 4.78 is 36.4. The Morgan fingerprint density at radius 3 is 2.16 bits per heavy atom. The van der Waals surface area contributed by atoms with Gasteiger partial charge in [-0.15, -0.1) is 11.3 Å². The lowest BCUT2D eigenvalue weighted by Gasteiger charge is -2.19. The summed E-state index contributed by atoms with van der Waals surface area (Å²) in [6, 6.07) is 17.2. The van der Waals surface area contributed by atoms with E-state index in [1.165, 1.54) is 6.92 Å². The molecule has 0 fully saturated rings. The molecule has 38 heavy (non-hydrogen) atoms. The van der Waals surface area contributed by atoms with Crippen LogP contribution in [-0.4, -0.2) is 52.7 Å². The van der Waals surface area contributed by atoms with Crippen molar-refractivity contribution >= 4 is 35.0 Å². The van der Waals surface area contributed by atoms with E-state index in [4.69, 9.17) is 15.6 Å². The summed E-state index contributed by atoms with van der Waals surface area (Å²) in [5, 5.41) is 19.5. The number of thiophene rings is 1. The maximum absolute atomic E-state index is 13.1. The number of carbonyl (C=O) groups excluding carboxylic acids is 3. The molecule has 5 N–H and O–H groups in total. The number of ketones is 1. The Labute approximate surface area is 218 Å². The van der Waals surface area contributed by atoms with Crippen LogP contribution < -0.4 is 11.1 Å². The first-order chi connectivity index (χ1) is 17.7. The van der Waals surface area contributed by atoms with Gasteiger partial charge < -0.3 is 26.0 Å². The van der Waals surface area contributed by atoms with Crippen LogP contribution in [0.4, 0.5) is 13.2 Å². The molecule has 0 saturated heterocycles. The van der Waals surface area contributed by atoms with Crippen molar-refractivity contribution in [1.82, 2.24) is 5.32 Å². The molecule has 1 heterocycles. The summed E-state index contributed by atoms with van der Waals surface area (Å²) in [6.07, 6.45) is -5.08. The third-order valence-electron chi connectivity index (χ3n) is 4.93. The molecule has 3 aromatic rings. The number of carboxylic acid groups (broad SMARTS) is 1. The van der Waals surface area contributed by atoms with Crippen LogP contribution in [0.5, 0.6) is 5.75 Å². The fraction of sp³-hybridized carbons (Fsp3) is 0.200. The van der Waals surface area contributed by atoms with E-state index in [1.54, 1.807) is 42.5 Å². The Balaban J connectivity index is 0.000000638. The molecule has 0 bridgehead atoms. The topological polar surface area (TPSA) is 156 Å². The second-order valence-electron chi connectivity index (χ2n) is 7.90. The van der Waals surface area contributed by atoms with Crippen LogP contribution >= 0.6 is 11.3 Å². The number of hydrogen-bond acceptors (Lipinski definition) is 8. The lowest BCUT2D eigenvalue weighted by molar-refractivity contribution is -0.192. The zero-order chi connectivity index (χ0) is 28.7. The standard InChI is InChI=1S/C23H22N2O5S.C2HF3O2/c1-23(24,22(29)30-2)20(27)19-17(15-8-4-3-5-9-15)12-18(31-19)21(28)25-13-14-7-6-10-16(26)11-14;3-2(4,5)1(6)7/h3-12,26H,13,24H2,1-2H3,(H,25,28);(H,6,7). The number of rotatable bonds is 7. The number of hydrogen-bond donors (Lipinski definition) is 4. The first kappa shape index (κ1) is 30.0. The molecule has 0 radical (unpaired) electrons. The molecule has 202 valence electrons. The molecule has 1 unspecified atom stereocenters. The highest BCUT2D eigenvalue weighted by Gasteiger charge is 2.41. The van der Waals surface area contributed by atoms with Crippen LogP contribution in [0.2, 0.25) is 0 Å². The number of carbonyl (C=O) groups is 4. The normalized spacial score (nSPS) is 12.4. The third-order valence-corrected chi connectivity index (χ3v) is 6.07. The van der Waals surface area contributed by atoms with Crippen molar-refractivity contribution in [3.63, 3.8) is 0 Å². The van der Waals surface area contributed by atoms with Crippen LogP contribution in [0.1, 0.15) is 31.8 Å². The minimum absolute atomic E-state index is 0.104. The van der Waals surface area contributed by atoms with Gasteiger partial charge in [0, 0.05) is 12.1 Å². The number of methoxy groups -OCH3 is 1. The molecule has 0 aliphatic rings. The third kappa shape index (κ3) is 7.63. The second kappa shape index (κ2) is 12.3. The van der Waals surface area contributed by atoms with Gasteiger partial charge in [-0.25, -0.2) is 9.59 Å². The zero-order valence-corrected chi connectivity index (χ0v) is 20.9. The van der Waals surface area contributed by atoms with Gasteiger partial charge in [-0.05, 0) is 36.2 Å². The molecular formula is C25H23F3N2O7S. The van der Waals surface area contributed by atoms with Gasteiger partial charge in [0.05, 0.1) is 16.9 Å². The highest BCUT2D eigenvalue weighted by Crippen LogP contribution is 2.34. The van der Waals surface area contributed by atoms with E-state index in [0.717, 1.165) is 29.6 Å². The van der Waals surface area contributed by atoms with E-state index >= 15 is 0 Å². The monoisotopic (exact) mass is 552 g/mol. The van der Waals surface area contributed by atoms with Gasteiger partial charge in [-0.2, -0.15) is 13.2 Å². The van der Waals surface area contributed by atoms with Crippen molar-refractivity contribution in [1.29, 1.82) is 0 Å². The molecular weight excluding hydrogens is 529 g/mol. The maximum atomic E-state index is 13.1. The average molecular weight is 553 g/mol. The molecule has 0 aliphatic carbocycles. The van der Waals surface area contributed by atoms with Gasteiger partial charge in [-0.3, -0.25) is 9.59 Å². The van der Waals surface area contributed by atoms with E-state index in [0.29, 0.717) is 10.4 Å². The highest BCUT2D eigenvalue weighted by atomic mass is 32.1. The zero-order valence-electron chi connectivity index (χ0n) is 20.0. The lowest BCUT2D eigenvalue weighted by Crippen LogP contribution is -2.52. The van der Waals surface area contributed by atoms with Gasteiger partial charge in [0.1, 0.15) is 5.75 Å². The van der Waals surface area contributed by atoms with Crippen LogP contribution in [0.25, 0.3) is 11.1 Å². The molecule has 1 aromatic heterocycles. The van der Waals surface area contributed by atoms with Crippen molar-refractivity contribution in [3.8, 4) is 16.9 Å². The molecule has 9 nitrogen and oxygen atoms in total. The minimum atomic E-state index is -5.08. The molecule has 0 aliphatic heterocycles. The quantitative estimate of drug-likeness (QED) is 0.196. The van der Waals surface area contributed by atoms with Crippen molar-refractivity contribution < 1.29 is 47.3 Å². The van der Waals surface area contributed by atoms with Gasteiger partial charge in [0.25, 0.3) is 5.91 Å². The number of ether oxygens (including phenoxy) is 1. The number of Topliss-reactive ketones (excluding diaryl/α,β-unsaturated/α-hetero) is 1. The number of nitrogens with two attached hydrogens (primary N) is 1. The Bertz CT molecular complexity index is 1320. The maximum Gasteiger partial charge on any atom is 0.490 e. The van der Waals surface area contributed by atoms with Crippen LogP contribution in [0, 0.1) is 0 Å². The number of carboxylic acids is 1. The summed E-state index contributed by atoms with van der Waals surface area (Å²) in [5.74, 6) is -4.53. The summed E-state index contributed by atoms with van der Waals surface area (Å²) in [7, 11) is 1.16. The smallest absolute Gasteiger partial charge is 0.490 e. The first-order valence-corrected chi connectivity index (χ1v) is 11.5. The van der Waals surface area contributed by atoms with Crippen molar-refractivity contribution in [2.75, 3.05) is 7.11 Å². The van der Waals surface area contributed by atoms with Gasteiger partial charge in [0.2, 0.25) is 5.78 Å². The second-order valence-corrected chi connectivity index (χ2v) is 8.95. The average Bonchev–Trinajstić information content (AvgIpc) is 3.32. The Morgan fingerprint density at radius 2 is 1.63 bits per heavy atom. The first-order valence-electron chi connectivity index (χ1n) is 10.7. The molecule has 0 saturated carbocycles. The summed E-state index contributed by atoms with van der Waals surface area (Å²) in [4.78, 5) is 47.4. The number of phenolic OH excluding ortho intramolecular Hbond substituents is 1. The number of esters is 1. The van der Waals surface area contributed by atoms with E-state index < -0.39 is 29.4 Å². The van der Waals surface area contributed by atoms with Gasteiger partial charge in [0.15, 0.2) is 5.54 Å². The summed E-state index contributed by atoms with van der Waals surface area (Å²) in [6.45, 7) is 1.49. The summed E-state index contributed by atoms with van der Waals surface area (Å²) in [5.41, 5.74) is 6.05. The minimum Gasteiger partial charge on any atom is -0.508 e. The fourth-order valence-corrected chi connectivity index (χ4v) is 4.13. The van der Waals surface area contributed by atoms with Crippen LogP contribution in [0.3, 0.4) is 0 Å². The van der Waals surface area contributed by atoms with E-state index in [-0.39, 0.29) is 23.1 Å². The Morgan fingerprint density at radius 1 is 1.03 bits per heavy atom. The molecule has 13 heteroatoms. The predicted molar refractivity (Wildman–Crippen MR) is 132 cm³/mol. The van der Waals surface area contributed by atoms with Crippen molar-refractivity contribution in [3.05, 3.63) is 76.0 Å². The SMILES string of the molecule is COC(=O)C(C)(N)C(=O)c1sc(C(=O)NCc2cccc(O)c2)cc1-c1ccccc1.O=C(O)C(F)(F)F. The van der Waals surface area contributed by atoms with E-state index in [9.17, 15) is 32.7 Å². The number of aliphatic carboxylic acids is 1. The number of aromatic hydroxyl groups is 1.